The number of ketones is 1. The molecule has 5 nitrogen and oxygen atoms in total. The SMILES string of the molecule is O=C1CO[C@H]2CCN(C(=O)N3CC(CSc4ccc(C(F)(F)F)cc4Cl)C3)C[C@H]2C1. The number of carbonyl (C=O) groups is 2. The van der Waals surface area contributed by atoms with Crippen LogP contribution >= 0.6 is 23.4 Å². The Morgan fingerprint density at radius 2 is 2.00 bits per heavy atom. The number of ether oxygens (including phenoxy) is 1. The van der Waals surface area contributed by atoms with Crippen LogP contribution in [0.3, 0.4) is 0 Å². The van der Waals surface area contributed by atoms with Gasteiger partial charge in [-0.25, -0.2) is 4.79 Å². The van der Waals surface area contributed by atoms with Crippen LogP contribution in [0.2, 0.25) is 5.02 Å². The Labute approximate surface area is 181 Å². The number of thioether (sulfide) groups is 1. The number of urea groups is 1. The Balaban J connectivity index is 1.23. The van der Waals surface area contributed by atoms with Crippen molar-refractivity contribution in [2.75, 3.05) is 38.5 Å². The van der Waals surface area contributed by atoms with E-state index in [0.717, 1.165) is 18.6 Å². The topological polar surface area (TPSA) is 49.9 Å². The molecule has 2 atom stereocenters. The quantitative estimate of drug-likeness (QED) is 0.632. The summed E-state index contributed by atoms with van der Waals surface area (Å²) in [6.07, 6.45) is -3.11. The number of likely N-dealkylation sites (tertiary alicyclic amines) is 2. The normalized spacial score (nSPS) is 25.1. The van der Waals surface area contributed by atoms with Gasteiger partial charge in [-0.05, 0) is 24.6 Å². The van der Waals surface area contributed by atoms with Crippen LogP contribution in [-0.2, 0) is 15.7 Å². The number of hydrogen-bond donors (Lipinski definition) is 0. The Hall–Kier alpha value is -1.45. The van der Waals surface area contributed by atoms with Crippen LogP contribution in [0.25, 0.3) is 0 Å². The first-order valence-corrected chi connectivity index (χ1v) is 11.2. The van der Waals surface area contributed by atoms with Crippen LogP contribution in [0.4, 0.5) is 18.0 Å². The minimum absolute atomic E-state index is 0.0136. The van der Waals surface area contributed by atoms with Crippen LogP contribution in [0.1, 0.15) is 18.4 Å². The Kier molecular flexibility index (Phi) is 6.23. The van der Waals surface area contributed by atoms with Crippen molar-refractivity contribution < 1.29 is 27.5 Å². The first kappa shape index (κ1) is 21.8. The van der Waals surface area contributed by atoms with Crippen molar-refractivity contribution in [2.24, 2.45) is 11.8 Å². The van der Waals surface area contributed by atoms with Gasteiger partial charge in [-0.15, -0.1) is 11.8 Å². The van der Waals surface area contributed by atoms with E-state index < -0.39 is 11.7 Å². The van der Waals surface area contributed by atoms with Crippen LogP contribution in [-0.4, -0.2) is 66.3 Å². The second-order valence-electron chi connectivity index (χ2n) is 8.09. The predicted octanol–water partition coefficient (Wildman–Crippen LogP) is 4.18. The molecule has 164 valence electrons. The standard InChI is InChI=1S/C20H22ClF3N2O3S/c21-16-6-14(20(22,23)24)1-2-18(16)30-11-12-7-26(8-12)19(28)25-4-3-17-13(9-25)5-15(27)10-29-17/h1-2,6,12-13,17H,3-5,7-11H2/t13-,17+/m1/s1. The number of amides is 2. The van der Waals surface area contributed by atoms with Crippen LogP contribution < -0.4 is 0 Å². The van der Waals surface area contributed by atoms with E-state index in [9.17, 15) is 22.8 Å². The van der Waals surface area contributed by atoms with Crippen molar-refractivity contribution in [3.63, 3.8) is 0 Å². The molecule has 0 saturated carbocycles. The molecule has 10 heteroatoms. The number of hydrogen-bond acceptors (Lipinski definition) is 4. The molecule has 3 aliphatic rings. The van der Waals surface area contributed by atoms with Crippen molar-refractivity contribution in [2.45, 2.75) is 30.0 Å². The molecule has 3 fully saturated rings. The molecule has 0 spiro atoms. The molecule has 3 saturated heterocycles. The molecular weight excluding hydrogens is 441 g/mol. The number of alkyl halides is 3. The number of halogens is 4. The number of nitrogens with zero attached hydrogens (tertiary/aromatic N) is 2. The third kappa shape index (κ3) is 4.73. The zero-order valence-corrected chi connectivity index (χ0v) is 17.7. The molecular formula is C20H22ClF3N2O3S. The van der Waals surface area contributed by atoms with Gasteiger partial charge in [-0.2, -0.15) is 13.2 Å². The van der Waals surface area contributed by atoms with Gasteiger partial charge >= 0.3 is 12.2 Å². The summed E-state index contributed by atoms with van der Waals surface area (Å²) in [6, 6.07) is 3.37. The highest BCUT2D eigenvalue weighted by Crippen LogP contribution is 2.37. The maximum absolute atomic E-state index is 12.7. The fraction of sp³-hybridized carbons (Fsp3) is 0.600. The molecule has 0 N–H and O–H groups in total. The second-order valence-corrected chi connectivity index (χ2v) is 9.56. The summed E-state index contributed by atoms with van der Waals surface area (Å²) in [7, 11) is 0. The monoisotopic (exact) mass is 462 g/mol. The molecule has 0 aromatic heterocycles. The van der Waals surface area contributed by atoms with Crippen LogP contribution in [0.5, 0.6) is 0 Å². The maximum atomic E-state index is 12.7. The molecule has 4 rings (SSSR count). The van der Waals surface area contributed by atoms with Crippen molar-refractivity contribution in [3.8, 4) is 0 Å². The zero-order chi connectivity index (χ0) is 21.5. The lowest BCUT2D eigenvalue weighted by atomic mass is 9.88. The largest absolute Gasteiger partial charge is 0.416 e. The van der Waals surface area contributed by atoms with E-state index in [2.05, 4.69) is 0 Å². The number of rotatable bonds is 3. The van der Waals surface area contributed by atoms with Crippen LogP contribution in [0, 0.1) is 11.8 Å². The summed E-state index contributed by atoms with van der Waals surface area (Å²) in [5, 5.41) is 0.0919. The third-order valence-electron chi connectivity index (χ3n) is 5.84. The van der Waals surface area contributed by atoms with Gasteiger partial charge in [0.15, 0.2) is 5.78 Å². The van der Waals surface area contributed by atoms with E-state index in [-0.39, 0.29) is 41.4 Å². The minimum Gasteiger partial charge on any atom is -0.370 e. The van der Waals surface area contributed by atoms with Crippen molar-refractivity contribution in [3.05, 3.63) is 28.8 Å². The van der Waals surface area contributed by atoms with Gasteiger partial charge in [-0.1, -0.05) is 11.6 Å². The molecule has 0 radical (unpaired) electrons. The molecule has 3 aliphatic heterocycles. The van der Waals surface area contributed by atoms with Crippen LogP contribution in [0.15, 0.2) is 23.1 Å². The molecule has 1 aromatic carbocycles. The lowest BCUT2D eigenvalue weighted by Gasteiger charge is -2.46. The molecule has 2 amide bonds. The molecule has 3 heterocycles. The van der Waals surface area contributed by atoms with Gasteiger partial charge in [0.25, 0.3) is 0 Å². The number of Topliss-reactive ketones (excluding diaryl/α,β-unsaturated/α-hetero) is 1. The summed E-state index contributed by atoms with van der Waals surface area (Å²) < 4.78 is 43.8. The summed E-state index contributed by atoms with van der Waals surface area (Å²) in [5.41, 5.74) is -0.758. The Morgan fingerprint density at radius 1 is 1.23 bits per heavy atom. The van der Waals surface area contributed by atoms with Crippen molar-refractivity contribution >= 4 is 35.2 Å². The van der Waals surface area contributed by atoms with Crippen molar-refractivity contribution in [1.29, 1.82) is 0 Å². The summed E-state index contributed by atoms with van der Waals surface area (Å²) in [4.78, 5) is 28.5. The molecule has 30 heavy (non-hydrogen) atoms. The number of piperidine rings is 1. The van der Waals surface area contributed by atoms with Gasteiger partial charge in [0.1, 0.15) is 6.61 Å². The number of carbonyl (C=O) groups excluding carboxylic acids is 2. The number of fused-ring (bicyclic) bond motifs is 1. The van der Waals surface area contributed by atoms with Gasteiger partial charge in [-0.3, -0.25) is 4.79 Å². The second kappa shape index (κ2) is 8.59. The molecule has 0 bridgehead atoms. The van der Waals surface area contributed by atoms with E-state index in [4.69, 9.17) is 16.3 Å². The van der Waals surface area contributed by atoms with Gasteiger partial charge < -0.3 is 14.5 Å². The highest BCUT2D eigenvalue weighted by Gasteiger charge is 2.40. The fourth-order valence-corrected chi connectivity index (χ4v) is 5.52. The van der Waals surface area contributed by atoms with E-state index in [1.54, 1.807) is 9.80 Å². The first-order valence-electron chi connectivity index (χ1n) is 9.87. The third-order valence-corrected chi connectivity index (χ3v) is 7.57. The smallest absolute Gasteiger partial charge is 0.370 e. The fourth-order valence-electron chi connectivity index (χ4n) is 4.18. The Morgan fingerprint density at radius 3 is 2.70 bits per heavy atom. The highest BCUT2D eigenvalue weighted by molar-refractivity contribution is 7.99. The molecule has 1 aromatic rings. The first-order chi connectivity index (χ1) is 14.2. The zero-order valence-electron chi connectivity index (χ0n) is 16.2. The van der Waals surface area contributed by atoms with Gasteiger partial charge in [0.2, 0.25) is 0 Å². The number of benzene rings is 1. The lowest BCUT2D eigenvalue weighted by molar-refractivity contribution is -0.140. The lowest BCUT2D eigenvalue weighted by Crippen LogP contribution is -2.59. The predicted molar refractivity (Wildman–Crippen MR) is 107 cm³/mol. The average Bonchev–Trinajstić information content (AvgIpc) is 2.66. The van der Waals surface area contributed by atoms with E-state index in [0.29, 0.717) is 43.2 Å². The molecule has 0 aliphatic carbocycles. The maximum Gasteiger partial charge on any atom is 0.416 e. The highest BCUT2D eigenvalue weighted by atomic mass is 35.5. The average molecular weight is 463 g/mol. The van der Waals surface area contributed by atoms with E-state index in [1.807, 2.05) is 0 Å². The summed E-state index contributed by atoms with van der Waals surface area (Å²) in [5.74, 6) is 1.13. The molecule has 0 unspecified atom stereocenters. The van der Waals surface area contributed by atoms with Crippen molar-refractivity contribution in [1.82, 2.24) is 9.80 Å². The summed E-state index contributed by atoms with van der Waals surface area (Å²) >= 11 is 7.41. The Bertz CT molecular complexity index is 832. The summed E-state index contributed by atoms with van der Waals surface area (Å²) in [6.45, 7) is 2.59. The van der Waals surface area contributed by atoms with E-state index >= 15 is 0 Å². The van der Waals surface area contributed by atoms with Gasteiger partial charge in [0.05, 0.1) is 16.7 Å². The van der Waals surface area contributed by atoms with E-state index in [1.165, 1.54) is 17.8 Å². The van der Waals surface area contributed by atoms with Gasteiger partial charge in [0, 0.05) is 55.1 Å². The minimum atomic E-state index is -4.41.